The minimum atomic E-state index is 0.00924. The van der Waals surface area contributed by atoms with Crippen molar-refractivity contribution in [2.24, 2.45) is 0 Å². The van der Waals surface area contributed by atoms with Crippen LogP contribution in [0.1, 0.15) is 12.5 Å². The first kappa shape index (κ1) is 10.4. The van der Waals surface area contributed by atoms with E-state index in [1.54, 1.807) is 11.8 Å². The minimum Gasteiger partial charge on any atom is -0.357 e. The Labute approximate surface area is 94.9 Å². The fourth-order valence-electron chi connectivity index (χ4n) is 1.76. The highest BCUT2D eigenvalue weighted by atomic mass is 32.2. The van der Waals surface area contributed by atoms with E-state index >= 15 is 0 Å². The molecule has 0 aromatic heterocycles. The molecule has 1 heterocycles. The molecule has 0 amide bonds. The summed E-state index contributed by atoms with van der Waals surface area (Å²) in [5, 5.41) is 8.98. The smallest absolute Gasteiger partial charge is 0.126 e. The normalized spacial score (nSPS) is 19.5. The van der Waals surface area contributed by atoms with Crippen LogP contribution in [0.2, 0.25) is 0 Å². The summed E-state index contributed by atoms with van der Waals surface area (Å²) in [6, 6.07) is 8.86. The lowest BCUT2D eigenvalue weighted by atomic mass is 10.1. The third-order valence-electron chi connectivity index (χ3n) is 2.83. The quantitative estimate of drug-likeness (QED) is 0.725. The number of benzene rings is 1. The second kappa shape index (κ2) is 4.16. The molecule has 1 aromatic carbocycles. The lowest BCUT2D eigenvalue weighted by Crippen LogP contribution is -2.35. The van der Waals surface area contributed by atoms with E-state index in [9.17, 15) is 0 Å². The predicted octanol–water partition coefficient (Wildman–Crippen LogP) is 2.68. The molecule has 0 saturated carbocycles. The first-order valence-electron chi connectivity index (χ1n) is 5.14. The van der Waals surface area contributed by atoms with Crippen molar-refractivity contribution in [3.05, 3.63) is 23.8 Å². The number of anilines is 1. The zero-order valence-corrected chi connectivity index (χ0v) is 9.84. The van der Waals surface area contributed by atoms with Crippen LogP contribution in [0.25, 0.3) is 0 Å². The van der Waals surface area contributed by atoms with Gasteiger partial charge in [0.2, 0.25) is 0 Å². The zero-order valence-electron chi connectivity index (χ0n) is 9.03. The molecule has 1 aromatic rings. The lowest BCUT2D eigenvalue weighted by Gasteiger charge is -2.31. The molecule has 0 saturated heterocycles. The molecule has 1 atom stereocenters. The van der Waals surface area contributed by atoms with E-state index in [1.807, 2.05) is 7.05 Å². The fraction of sp³-hybridized carbons (Fsp3) is 0.417. The predicted molar refractivity (Wildman–Crippen MR) is 64.3 cm³/mol. The lowest BCUT2D eigenvalue weighted by molar-refractivity contribution is 0.822. The summed E-state index contributed by atoms with van der Waals surface area (Å²) in [6.45, 7) is 2.16. The second-order valence-electron chi connectivity index (χ2n) is 3.72. The van der Waals surface area contributed by atoms with Gasteiger partial charge in [-0.2, -0.15) is 5.26 Å². The van der Waals surface area contributed by atoms with Crippen molar-refractivity contribution in [3.63, 3.8) is 0 Å². The van der Waals surface area contributed by atoms with E-state index in [2.05, 4.69) is 36.1 Å². The third kappa shape index (κ3) is 1.82. The first-order chi connectivity index (χ1) is 7.26. The molecule has 78 valence electrons. The van der Waals surface area contributed by atoms with Crippen LogP contribution in [0.15, 0.2) is 23.1 Å². The van der Waals surface area contributed by atoms with Crippen molar-refractivity contribution >= 4 is 17.4 Å². The highest BCUT2D eigenvalue weighted by molar-refractivity contribution is 7.99. The molecule has 1 aliphatic rings. The molecule has 0 radical (unpaired) electrons. The SMILES string of the molecule is CCc1ccc2c(c1)SCC(C#N)N2C. The molecule has 1 unspecified atom stereocenters. The molecule has 3 heteroatoms. The van der Waals surface area contributed by atoms with Crippen molar-refractivity contribution in [2.75, 3.05) is 17.7 Å². The van der Waals surface area contributed by atoms with E-state index in [4.69, 9.17) is 5.26 Å². The first-order valence-corrected chi connectivity index (χ1v) is 6.13. The van der Waals surface area contributed by atoms with Crippen LogP contribution in [-0.4, -0.2) is 18.8 Å². The molecule has 1 aliphatic heterocycles. The molecule has 0 N–H and O–H groups in total. The Bertz CT molecular complexity index is 409. The van der Waals surface area contributed by atoms with Gasteiger partial charge in [0, 0.05) is 17.7 Å². The van der Waals surface area contributed by atoms with E-state index in [-0.39, 0.29) is 6.04 Å². The van der Waals surface area contributed by atoms with Crippen LogP contribution in [0.4, 0.5) is 5.69 Å². The Kier molecular flexibility index (Phi) is 2.88. The number of hydrogen-bond acceptors (Lipinski definition) is 3. The summed E-state index contributed by atoms with van der Waals surface area (Å²) in [4.78, 5) is 3.38. The van der Waals surface area contributed by atoms with E-state index in [0.717, 1.165) is 12.2 Å². The molecule has 0 bridgehead atoms. The van der Waals surface area contributed by atoms with Gasteiger partial charge in [-0.05, 0) is 24.1 Å². The fourth-order valence-corrected chi connectivity index (χ4v) is 2.99. The molecule has 0 spiro atoms. The van der Waals surface area contributed by atoms with Crippen molar-refractivity contribution < 1.29 is 0 Å². The van der Waals surface area contributed by atoms with Gasteiger partial charge in [-0.25, -0.2) is 0 Å². The summed E-state index contributed by atoms with van der Waals surface area (Å²) in [5.74, 6) is 0.868. The number of hydrogen-bond donors (Lipinski definition) is 0. The monoisotopic (exact) mass is 218 g/mol. The highest BCUT2D eigenvalue weighted by Crippen LogP contribution is 2.37. The van der Waals surface area contributed by atoms with Gasteiger partial charge >= 0.3 is 0 Å². The van der Waals surface area contributed by atoms with Gasteiger partial charge in [0.1, 0.15) is 6.04 Å². The second-order valence-corrected chi connectivity index (χ2v) is 4.78. The average Bonchev–Trinajstić information content (AvgIpc) is 2.29. The number of rotatable bonds is 1. The summed E-state index contributed by atoms with van der Waals surface area (Å²) < 4.78 is 0. The average molecular weight is 218 g/mol. The molecule has 2 nitrogen and oxygen atoms in total. The van der Waals surface area contributed by atoms with Crippen LogP contribution < -0.4 is 4.90 Å². The van der Waals surface area contributed by atoms with Gasteiger partial charge in [-0.15, -0.1) is 11.8 Å². The number of nitrogens with zero attached hydrogens (tertiary/aromatic N) is 2. The van der Waals surface area contributed by atoms with Crippen LogP contribution in [0, 0.1) is 11.3 Å². The Balaban J connectivity index is 2.38. The van der Waals surface area contributed by atoms with Crippen LogP contribution in [0.5, 0.6) is 0 Å². The Hall–Kier alpha value is -1.14. The van der Waals surface area contributed by atoms with Gasteiger partial charge in [-0.3, -0.25) is 0 Å². The Morgan fingerprint density at radius 3 is 3.07 bits per heavy atom. The maximum atomic E-state index is 8.98. The topological polar surface area (TPSA) is 27.0 Å². The van der Waals surface area contributed by atoms with Crippen molar-refractivity contribution in [1.29, 1.82) is 5.26 Å². The summed E-state index contributed by atoms with van der Waals surface area (Å²) in [5.41, 5.74) is 2.56. The standard InChI is InChI=1S/C12H14N2S/c1-3-9-4-5-11-12(6-9)15-8-10(7-13)14(11)2/h4-6,10H,3,8H2,1-2H3. The minimum absolute atomic E-state index is 0.00924. The number of fused-ring (bicyclic) bond motifs is 1. The molecule has 0 fully saturated rings. The van der Waals surface area contributed by atoms with Crippen molar-refractivity contribution in [3.8, 4) is 6.07 Å². The molecular formula is C12H14N2S. The maximum Gasteiger partial charge on any atom is 0.126 e. The Morgan fingerprint density at radius 2 is 2.40 bits per heavy atom. The molecule has 2 rings (SSSR count). The van der Waals surface area contributed by atoms with Gasteiger partial charge in [0.05, 0.1) is 11.8 Å². The van der Waals surface area contributed by atoms with E-state index in [0.29, 0.717) is 0 Å². The van der Waals surface area contributed by atoms with E-state index in [1.165, 1.54) is 16.1 Å². The number of nitriles is 1. The zero-order chi connectivity index (χ0) is 10.8. The highest BCUT2D eigenvalue weighted by Gasteiger charge is 2.23. The van der Waals surface area contributed by atoms with Gasteiger partial charge in [-0.1, -0.05) is 13.0 Å². The van der Waals surface area contributed by atoms with Crippen molar-refractivity contribution in [2.45, 2.75) is 24.3 Å². The van der Waals surface area contributed by atoms with Crippen LogP contribution in [-0.2, 0) is 6.42 Å². The largest absolute Gasteiger partial charge is 0.357 e. The van der Waals surface area contributed by atoms with Crippen LogP contribution in [0.3, 0.4) is 0 Å². The Morgan fingerprint density at radius 1 is 1.60 bits per heavy atom. The molecule has 15 heavy (non-hydrogen) atoms. The third-order valence-corrected chi connectivity index (χ3v) is 3.95. The van der Waals surface area contributed by atoms with Gasteiger partial charge in [0.25, 0.3) is 0 Å². The van der Waals surface area contributed by atoms with Gasteiger partial charge < -0.3 is 4.90 Å². The maximum absolute atomic E-state index is 8.98. The van der Waals surface area contributed by atoms with Gasteiger partial charge in [0.15, 0.2) is 0 Å². The molecule has 0 aliphatic carbocycles. The number of thioether (sulfide) groups is 1. The van der Waals surface area contributed by atoms with Crippen molar-refractivity contribution in [1.82, 2.24) is 0 Å². The summed E-state index contributed by atoms with van der Waals surface area (Å²) in [6.07, 6.45) is 1.07. The summed E-state index contributed by atoms with van der Waals surface area (Å²) >= 11 is 1.79. The summed E-state index contributed by atoms with van der Waals surface area (Å²) in [7, 11) is 2.00. The number of aryl methyl sites for hydroxylation is 1. The molecular weight excluding hydrogens is 204 g/mol. The van der Waals surface area contributed by atoms with E-state index < -0.39 is 0 Å². The van der Waals surface area contributed by atoms with Crippen LogP contribution >= 0.6 is 11.8 Å².